The summed E-state index contributed by atoms with van der Waals surface area (Å²) in [6.45, 7) is 5.89. The van der Waals surface area contributed by atoms with E-state index in [0.717, 1.165) is 26.9 Å². The van der Waals surface area contributed by atoms with E-state index >= 15 is 0 Å². The summed E-state index contributed by atoms with van der Waals surface area (Å²) in [5, 5.41) is 3.21. The molecule has 0 radical (unpaired) electrons. The molecule has 2 aromatic carbocycles. The van der Waals surface area contributed by atoms with Gasteiger partial charge in [0.15, 0.2) is 15.0 Å². The van der Waals surface area contributed by atoms with Crippen LogP contribution in [0.1, 0.15) is 23.1 Å². The molecule has 0 saturated heterocycles. The van der Waals surface area contributed by atoms with E-state index in [1.807, 2.05) is 32.9 Å². The number of hydrogen-bond donors (Lipinski definition) is 1. The fourth-order valence-electron chi connectivity index (χ4n) is 2.70. The summed E-state index contributed by atoms with van der Waals surface area (Å²) < 4.78 is 25.7. The monoisotopic (exact) mass is 388 g/mol. The number of fused-ring (bicyclic) bond motifs is 1. The third kappa shape index (κ3) is 4.11. The predicted molar refractivity (Wildman–Crippen MR) is 106 cm³/mol. The molecular weight excluding hydrogens is 368 g/mol. The van der Waals surface area contributed by atoms with E-state index in [1.54, 1.807) is 24.3 Å². The molecule has 0 aliphatic carbocycles. The number of thiazole rings is 1. The van der Waals surface area contributed by atoms with Gasteiger partial charge in [-0.3, -0.25) is 4.79 Å². The molecule has 0 aliphatic heterocycles. The maximum absolute atomic E-state index is 12.3. The average molecular weight is 389 g/mol. The van der Waals surface area contributed by atoms with Crippen molar-refractivity contribution in [2.24, 2.45) is 0 Å². The second-order valence-electron chi connectivity index (χ2n) is 6.38. The minimum Gasteiger partial charge on any atom is -0.302 e. The van der Waals surface area contributed by atoms with Crippen LogP contribution in [0, 0.1) is 20.8 Å². The highest BCUT2D eigenvalue weighted by molar-refractivity contribution is 7.91. The third-order valence-corrected chi connectivity index (χ3v) is 6.70. The van der Waals surface area contributed by atoms with Crippen LogP contribution in [0.25, 0.3) is 10.2 Å². The van der Waals surface area contributed by atoms with Crippen molar-refractivity contribution in [1.82, 2.24) is 4.98 Å². The van der Waals surface area contributed by atoms with Gasteiger partial charge >= 0.3 is 0 Å². The van der Waals surface area contributed by atoms with Crippen LogP contribution in [-0.2, 0) is 14.6 Å². The summed E-state index contributed by atoms with van der Waals surface area (Å²) in [5.41, 5.74) is 4.05. The van der Waals surface area contributed by atoms with Gasteiger partial charge in [0.1, 0.15) is 0 Å². The number of carbonyl (C=O) groups is 1. The Morgan fingerprint density at radius 2 is 1.77 bits per heavy atom. The maximum Gasteiger partial charge on any atom is 0.227 e. The van der Waals surface area contributed by atoms with E-state index in [-0.39, 0.29) is 23.0 Å². The second kappa shape index (κ2) is 7.17. The first-order valence-electron chi connectivity index (χ1n) is 8.22. The van der Waals surface area contributed by atoms with Crippen LogP contribution < -0.4 is 5.32 Å². The molecule has 1 N–H and O–H groups in total. The fraction of sp³-hybridized carbons (Fsp3) is 0.263. The Labute approximate surface area is 157 Å². The number of carbonyl (C=O) groups excluding carboxylic acids is 1. The van der Waals surface area contributed by atoms with Crippen molar-refractivity contribution in [2.45, 2.75) is 32.1 Å². The molecule has 0 saturated carbocycles. The summed E-state index contributed by atoms with van der Waals surface area (Å²) in [4.78, 5) is 16.8. The quantitative estimate of drug-likeness (QED) is 0.716. The lowest BCUT2D eigenvalue weighted by Gasteiger charge is -2.05. The van der Waals surface area contributed by atoms with Gasteiger partial charge in [0.2, 0.25) is 5.91 Å². The fourth-order valence-corrected chi connectivity index (χ4v) is 5.00. The number of amides is 1. The predicted octanol–water partition coefficient (Wildman–Crippen LogP) is 4.02. The Bertz CT molecular complexity index is 1070. The standard InChI is InChI=1S/C19H20N2O3S2/c1-12-4-6-15(7-5-12)26(23,24)9-8-17(22)20-19-21-18-14(3)10-13(2)11-16(18)25-19/h4-7,10-11H,8-9H2,1-3H3,(H,20,21,22). The lowest BCUT2D eigenvalue weighted by molar-refractivity contribution is -0.115. The van der Waals surface area contributed by atoms with Gasteiger partial charge in [-0.1, -0.05) is 35.1 Å². The summed E-state index contributed by atoms with van der Waals surface area (Å²) in [7, 11) is -3.48. The zero-order valence-electron chi connectivity index (χ0n) is 14.9. The molecule has 0 bridgehead atoms. The van der Waals surface area contributed by atoms with Gasteiger partial charge < -0.3 is 5.32 Å². The van der Waals surface area contributed by atoms with Gasteiger partial charge in [-0.25, -0.2) is 13.4 Å². The summed E-state index contributed by atoms with van der Waals surface area (Å²) >= 11 is 1.39. The smallest absolute Gasteiger partial charge is 0.227 e. The highest BCUT2D eigenvalue weighted by Gasteiger charge is 2.17. The Morgan fingerprint density at radius 3 is 2.46 bits per heavy atom. The van der Waals surface area contributed by atoms with Crippen molar-refractivity contribution >= 4 is 42.4 Å². The number of nitrogens with zero attached hydrogens (tertiary/aromatic N) is 1. The molecular formula is C19H20N2O3S2. The average Bonchev–Trinajstić information content (AvgIpc) is 2.96. The van der Waals surface area contributed by atoms with E-state index in [0.29, 0.717) is 5.13 Å². The van der Waals surface area contributed by atoms with Crippen LogP contribution >= 0.6 is 11.3 Å². The lowest BCUT2D eigenvalue weighted by atomic mass is 10.1. The van der Waals surface area contributed by atoms with Crippen molar-refractivity contribution in [3.8, 4) is 0 Å². The Kier molecular flexibility index (Phi) is 5.11. The Balaban J connectivity index is 1.67. The third-order valence-electron chi connectivity index (χ3n) is 4.05. The van der Waals surface area contributed by atoms with Gasteiger partial charge in [-0.15, -0.1) is 0 Å². The van der Waals surface area contributed by atoms with Crippen LogP contribution in [0.2, 0.25) is 0 Å². The minimum atomic E-state index is -3.48. The minimum absolute atomic E-state index is 0.107. The first kappa shape index (κ1) is 18.5. The number of hydrogen-bond acceptors (Lipinski definition) is 5. The highest BCUT2D eigenvalue weighted by atomic mass is 32.2. The number of aromatic nitrogens is 1. The van der Waals surface area contributed by atoms with E-state index in [2.05, 4.69) is 10.3 Å². The van der Waals surface area contributed by atoms with Crippen molar-refractivity contribution in [1.29, 1.82) is 0 Å². The molecule has 0 atom stereocenters. The number of nitrogens with one attached hydrogen (secondary N) is 1. The van der Waals surface area contributed by atoms with Crippen molar-refractivity contribution in [3.63, 3.8) is 0 Å². The van der Waals surface area contributed by atoms with Gasteiger partial charge in [-0.2, -0.15) is 0 Å². The zero-order chi connectivity index (χ0) is 18.9. The molecule has 0 spiro atoms. The first-order valence-corrected chi connectivity index (χ1v) is 10.7. The SMILES string of the molecule is Cc1ccc(S(=O)(=O)CCC(=O)Nc2nc3c(C)cc(C)cc3s2)cc1. The Morgan fingerprint density at radius 1 is 1.08 bits per heavy atom. The van der Waals surface area contributed by atoms with Crippen LogP contribution in [0.3, 0.4) is 0 Å². The van der Waals surface area contributed by atoms with Crippen LogP contribution in [0.4, 0.5) is 5.13 Å². The van der Waals surface area contributed by atoms with Gasteiger partial charge in [0.05, 0.1) is 20.9 Å². The molecule has 1 aromatic heterocycles. The molecule has 7 heteroatoms. The Hall–Kier alpha value is -2.25. The number of anilines is 1. The molecule has 3 rings (SSSR count). The summed E-state index contributed by atoms with van der Waals surface area (Å²) in [6.07, 6.45) is -0.107. The molecule has 3 aromatic rings. The highest BCUT2D eigenvalue weighted by Crippen LogP contribution is 2.29. The zero-order valence-corrected chi connectivity index (χ0v) is 16.5. The van der Waals surface area contributed by atoms with E-state index < -0.39 is 9.84 Å². The van der Waals surface area contributed by atoms with Gasteiger partial charge in [0, 0.05) is 6.42 Å². The van der Waals surface area contributed by atoms with Crippen LogP contribution in [0.5, 0.6) is 0 Å². The number of sulfone groups is 1. The van der Waals surface area contributed by atoms with Crippen molar-refractivity contribution in [3.05, 3.63) is 53.1 Å². The van der Waals surface area contributed by atoms with Gasteiger partial charge in [0.25, 0.3) is 0 Å². The molecule has 5 nitrogen and oxygen atoms in total. The van der Waals surface area contributed by atoms with Gasteiger partial charge in [-0.05, 0) is 50.1 Å². The summed E-state index contributed by atoms with van der Waals surface area (Å²) in [6, 6.07) is 10.7. The maximum atomic E-state index is 12.3. The van der Waals surface area contributed by atoms with Crippen molar-refractivity contribution < 1.29 is 13.2 Å². The van der Waals surface area contributed by atoms with E-state index in [9.17, 15) is 13.2 Å². The normalized spacial score (nSPS) is 11.7. The number of benzene rings is 2. The molecule has 0 unspecified atom stereocenters. The molecule has 136 valence electrons. The summed E-state index contributed by atoms with van der Waals surface area (Å²) in [5.74, 6) is -0.584. The molecule has 0 fully saturated rings. The van der Waals surface area contributed by atoms with Crippen LogP contribution in [0.15, 0.2) is 41.3 Å². The van der Waals surface area contributed by atoms with E-state index in [4.69, 9.17) is 0 Å². The van der Waals surface area contributed by atoms with Crippen molar-refractivity contribution in [2.75, 3.05) is 11.1 Å². The number of aryl methyl sites for hydroxylation is 3. The lowest BCUT2D eigenvalue weighted by Crippen LogP contribution is -2.17. The first-order chi connectivity index (χ1) is 12.2. The topological polar surface area (TPSA) is 76.1 Å². The van der Waals surface area contributed by atoms with E-state index in [1.165, 1.54) is 11.3 Å². The molecule has 26 heavy (non-hydrogen) atoms. The van der Waals surface area contributed by atoms with Crippen LogP contribution in [-0.4, -0.2) is 25.1 Å². The molecule has 1 heterocycles. The number of rotatable bonds is 5. The second-order valence-corrected chi connectivity index (χ2v) is 9.52. The molecule has 1 amide bonds. The largest absolute Gasteiger partial charge is 0.302 e. The molecule has 0 aliphatic rings.